The summed E-state index contributed by atoms with van der Waals surface area (Å²) in [5, 5.41) is 11.5. The summed E-state index contributed by atoms with van der Waals surface area (Å²) in [6.45, 7) is 3.70. The maximum absolute atomic E-state index is 14.0. The van der Waals surface area contributed by atoms with Crippen molar-refractivity contribution in [3.63, 3.8) is 0 Å². The van der Waals surface area contributed by atoms with Crippen molar-refractivity contribution < 1.29 is 23.8 Å². The fourth-order valence-electron chi connectivity index (χ4n) is 2.78. The predicted molar refractivity (Wildman–Crippen MR) is 83.9 cm³/mol. The number of rotatable bonds is 5. The summed E-state index contributed by atoms with van der Waals surface area (Å²) in [6, 6.07) is 4.34. The molecule has 0 bridgehead atoms. The van der Waals surface area contributed by atoms with Crippen LogP contribution in [0.1, 0.15) is 39.5 Å². The molecule has 1 aliphatic carbocycles. The van der Waals surface area contributed by atoms with Crippen molar-refractivity contribution in [2.24, 2.45) is 11.8 Å². The number of aliphatic carboxylic acids is 1. The number of carboxylic acids is 1. The summed E-state index contributed by atoms with van der Waals surface area (Å²) in [5.74, 6) is -1.84. The van der Waals surface area contributed by atoms with E-state index in [1.807, 2.05) is 13.8 Å². The lowest BCUT2D eigenvalue weighted by atomic mass is 9.81. The van der Waals surface area contributed by atoms with E-state index in [0.29, 0.717) is 31.4 Å². The lowest BCUT2D eigenvalue weighted by molar-refractivity contribution is -0.143. The molecule has 0 heterocycles. The van der Waals surface area contributed by atoms with Gasteiger partial charge in [-0.2, -0.15) is 0 Å². The number of halogens is 1. The molecule has 126 valence electrons. The lowest BCUT2D eigenvalue weighted by Crippen LogP contribution is -2.29. The van der Waals surface area contributed by atoms with Gasteiger partial charge < -0.3 is 15.2 Å². The van der Waals surface area contributed by atoms with E-state index >= 15 is 0 Å². The second-order valence-corrected chi connectivity index (χ2v) is 6.18. The van der Waals surface area contributed by atoms with E-state index < -0.39 is 11.8 Å². The molecule has 1 aromatic rings. The first-order chi connectivity index (χ1) is 10.9. The fourth-order valence-corrected chi connectivity index (χ4v) is 2.78. The van der Waals surface area contributed by atoms with E-state index in [0.717, 1.165) is 0 Å². The molecule has 2 N–H and O–H groups in total. The maximum atomic E-state index is 14.0. The van der Waals surface area contributed by atoms with Crippen LogP contribution in [-0.4, -0.2) is 23.1 Å². The monoisotopic (exact) mass is 323 g/mol. The average molecular weight is 323 g/mol. The molecule has 1 aromatic carbocycles. The standard InChI is InChI=1S/C17H22FNO4/c1-10(2)23-13-7-8-15(14(18)9-13)19-16(20)11-3-5-12(6-4-11)17(21)22/h7-12H,3-6H2,1-2H3,(H,19,20)(H,21,22). The van der Waals surface area contributed by atoms with E-state index in [9.17, 15) is 14.0 Å². The van der Waals surface area contributed by atoms with Gasteiger partial charge in [0.05, 0.1) is 17.7 Å². The van der Waals surface area contributed by atoms with Gasteiger partial charge in [-0.25, -0.2) is 4.39 Å². The minimum Gasteiger partial charge on any atom is -0.491 e. The number of hydrogen-bond acceptors (Lipinski definition) is 3. The highest BCUT2D eigenvalue weighted by atomic mass is 19.1. The van der Waals surface area contributed by atoms with E-state index in [4.69, 9.17) is 9.84 Å². The molecule has 0 atom stereocenters. The topological polar surface area (TPSA) is 75.6 Å². The van der Waals surface area contributed by atoms with E-state index in [-0.39, 0.29) is 29.5 Å². The van der Waals surface area contributed by atoms with Crippen molar-refractivity contribution in [1.82, 2.24) is 0 Å². The summed E-state index contributed by atoms with van der Waals surface area (Å²) >= 11 is 0. The van der Waals surface area contributed by atoms with Gasteiger partial charge in [-0.3, -0.25) is 9.59 Å². The second kappa shape index (κ2) is 7.44. The first-order valence-corrected chi connectivity index (χ1v) is 7.86. The number of carboxylic acid groups (broad SMARTS) is 1. The molecule has 1 aliphatic rings. The second-order valence-electron chi connectivity index (χ2n) is 6.18. The molecule has 0 saturated heterocycles. The summed E-state index contributed by atoms with van der Waals surface area (Å²) in [7, 11) is 0. The number of nitrogens with one attached hydrogen (secondary N) is 1. The zero-order valence-corrected chi connectivity index (χ0v) is 13.3. The first-order valence-electron chi connectivity index (χ1n) is 7.86. The van der Waals surface area contributed by atoms with Crippen LogP contribution >= 0.6 is 0 Å². The van der Waals surface area contributed by atoms with Crippen LogP contribution in [0.2, 0.25) is 0 Å². The van der Waals surface area contributed by atoms with Gasteiger partial charge in [0, 0.05) is 12.0 Å². The normalized spacial score (nSPS) is 21.0. The van der Waals surface area contributed by atoms with Gasteiger partial charge in [-0.15, -0.1) is 0 Å². The highest BCUT2D eigenvalue weighted by Crippen LogP contribution is 2.30. The van der Waals surface area contributed by atoms with Crippen molar-refractivity contribution in [1.29, 1.82) is 0 Å². The molecule has 0 aromatic heterocycles. The summed E-state index contributed by atoms with van der Waals surface area (Å²) in [5.41, 5.74) is 0.117. The molecule has 0 unspecified atom stereocenters. The highest BCUT2D eigenvalue weighted by molar-refractivity contribution is 5.92. The SMILES string of the molecule is CC(C)Oc1ccc(NC(=O)C2CCC(C(=O)O)CC2)c(F)c1. The fraction of sp³-hybridized carbons (Fsp3) is 0.529. The number of carbonyl (C=O) groups is 2. The molecule has 0 radical (unpaired) electrons. The van der Waals surface area contributed by atoms with Gasteiger partial charge in [0.2, 0.25) is 5.91 Å². The van der Waals surface area contributed by atoms with Gasteiger partial charge in [0.25, 0.3) is 0 Å². The zero-order chi connectivity index (χ0) is 17.0. The predicted octanol–water partition coefficient (Wildman–Crippen LogP) is 3.44. The molecule has 2 rings (SSSR count). The molecule has 1 fully saturated rings. The van der Waals surface area contributed by atoms with Crippen molar-refractivity contribution in [3.05, 3.63) is 24.0 Å². The minimum atomic E-state index is -0.810. The molecule has 0 spiro atoms. The van der Waals surface area contributed by atoms with Crippen LogP contribution in [0.25, 0.3) is 0 Å². The molecular formula is C17H22FNO4. The molecule has 1 saturated carbocycles. The van der Waals surface area contributed by atoms with Crippen molar-refractivity contribution in [2.75, 3.05) is 5.32 Å². The Morgan fingerprint density at radius 1 is 1.22 bits per heavy atom. The largest absolute Gasteiger partial charge is 0.491 e. The summed E-state index contributed by atoms with van der Waals surface area (Å²) < 4.78 is 19.4. The van der Waals surface area contributed by atoms with Gasteiger partial charge >= 0.3 is 5.97 Å². The van der Waals surface area contributed by atoms with Gasteiger partial charge in [0.1, 0.15) is 11.6 Å². The Bertz CT molecular complexity index is 580. The Labute approximate surface area is 134 Å². The minimum absolute atomic E-state index is 0.0562. The first kappa shape index (κ1) is 17.2. The number of carbonyl (C=O) groups excluding carboxylic acids is 1. The average Bonchev–Trinajstić information content (AvgIpc) is 2.49. The van der Waals surface area contributed by atoms with Crippen molar-refractivity contribution in [3.8, 4) is 5.75 Å². The number of benzene rings is 1. The van der Waals surface area contributed by atoms with E-state index in [2.05, 4.69) is 5.32 Å². The molecule has 23 heavy (non-hydrogen) atoms. The van der Waals surface area contributed by atoms with Crippen LogP contribution < -0.4 is 10.1 Å². The number of anilines is 1. The highest BCUT2D eigenvalue weighted by Gasteiger charge is 2.30. The zero-order valence-electron chi connectivity index (χ0n) is 13.3. The van der Waals surface area contributed by atoms with Crippen LogP contribution in [0.4, 0.5) is 10.1 Å². The van der Waals surface area contributed by atoms with Crippen molar-refractivity contribution >= 4 is 17.6 Å². The van der Waals surface area contributed by atoms with Gasteiger partial charge in [0.15, 0.2) is 0 Å². The summed E-state index contributed by atoms with van der Waals surface area (Å²) in [6.07, 6.45) is 1.94. The third-order valence-electron chi connectivity index (χ3n) is 4.02. The van der Waals surface area contributed by atoms with Crippen LogP contribution in [0.15, 0.2) is 18.2 Å². The Balaban J connectivity index is 1.94. The number of ether oxygens (including phenoxy) is 1. The van der Waals surface area contributed by atoms with Crippen LogP contribution in [0.5, 0.6) is 5.75 Å². The molecule has 5 nitrogen and oxygen atoms in total. The lowest BCUT2D eigenvalue weighted by Gasteiger charge is -2.25. The molecule has 6 heteroatoms. The van der Waals surface area contributed by atoms with Crippen LogP contribution in [0.3, 0.4) is 0 Å². The van der Waals surface area contributed by atoms with E-state index in [1.54, 1.807) is 6.07 Å². The van der Waals surface area contributed by atoms with Crippen molar-refractivity contribution in [2.45, 2.75) is 45.6 Å². The number of hydrogen-bond donors (Lipinski definition) is 2. The van der Waals surface area contributed by atoms with E-state index in [1.165, 1.54) is 12.1 Å². The van der Waals surface area contributed by atoms with Gasteiger partial charge in [-0.05, 0) is 51.7 Å². The molecule has 0 aliphatic heterocycles. The third-order valence-corrected chi connectivity index (χ3v) is 4.02. The smallest absolute Gasteiger partial charge is 0.306 e. The summed E-state index contributed by atoms with van der Waals surface area (Å²) in [4.78, 5) is 23.1. The quantitative estimate of drug-likeness (QED) is 0.870. The maximum Gasteiger partial charge on any atom is 0.306 e. The van der Waals surface area contributed by atoms with Gasteiger partial charge in [-0.1, -0.05) is 0 Å². The number of amides is 1. The Hall–Kier alpha value is -2.11. The Morgan fingerprint density at radius 3 is 2.35 bits per heavy atom. The third kappa shape index (κ3) is 4.68. The molecular weight excluding hydrogens is 301 g/mol. The van der Waals surface area contributed by atoms with Crippen LogP contribution in [-0.2, 0) is 9.59 Å². The Morgan fingerprint density at radius 2 is 1.83 bits per heavy atom. The van der Waals surface area contributed by atoms with Crippen LogP contribution in [0, 0.1) is 17.7 Å². The Kier molecular flexibility index (Phi) is 5.58. The molecule has 1 amide bonds.